The van der Waals surface area contributed by atoms with Crippen molar-refractivity contribution in [2.24, 2.45) is 5.73 Å². The highest BCUT2D eigenvalue weighted by Crippen LogP contribution is 2.22. The summed E-state index contributed by atoms with van der Waals surface area (Å²) in [5.41, 5.74) is 6.73. The fraction of sp³-hybridized carbons (Fsp3) is 0.750. The van der Waals surface area contributed by atoms with Gasteiger partial charge in [0.2, 0.25) is 0 Å². The number of likely N-dealkylation sites (tertiary alicyclic amines) is 1. The van der Waals surface area contributed by atoms with Crippen LogP contribution in [0.15, 0.2) is 5.38 Å². The summed E-state index contributed by atoms with van der Waals surface area (Å²) >= 11 is 1.53. The van der Waals surface area contributed by atoms with Crippen LogP contribution in [0.2, 0.25) is 0 Å². The number of hydrogen-bond donors (Lipinski definition) is 1. The first-order valence-corrected chi connectivity index (χ1v) is 9.10. The molecule has 1 fully saturated rings. The molecule has 0 bridgehead atoms. The monoisotopic (exact) mass is 309 g/mol. The lowest BCUT2D eigenvalue weighted by Gasteiger charge is -2.23. The fourth-order valence-corrected chi connectivity index (χ4v) is 3.55. The summed E-state index contributed by atoms with van der Waals surface area (Å²) < 4.78 is 0. The van der Waals surface area contributed by atoms with E-state index in [-0.39, 0.29) is 11.9 Å². The molecule has 1 unspecified atom stereocenters. The van der Waals surface area contributed by atoms with E-state index in [1.165, 1.54) is 30.6 Å². The standard InChI is InChI=1S/C16H27N3OS/c1-2-3-9-13(17)15-18-14(12-21-15)16(20)19-10-7-5-4-6-8-11-19/h12-13H,2-11,17H2,1H3. The molecule has 0 spiro atoms. The van der Waals surface area contributed by atoms with Crippen molar-refractivity contribution in [1.82, 2.24) is 9.88 Å². The highest BCUT2D eigenvalue weighted by Gasteiger charge is 2.20. The summed E-state index contributed by atoms with van der Waals surface area (Å²) in [5, 5.41) is 2.78. The molecule has 0 aliphatic carbocycles. The molecule has 118 valence electrons. The van der Waals surface area contributed by atoms with Crippen LogP contribution in [-0.2, 0) is 0 Å². The molecule has 1 aliphatic heterocycles. The molecule has 1 amide bonds. The Kier molecular flexibility index (Phi) is 6.64. The average molecular weight is 309 g/mol. The van der Waals surface area contributed by atoms with Crippen molar-refractivity contribution in [3.8, 4) is 0 Å². The Bertz CT molecular complexity index is 438. The molecule has 4 nitrogen and oxygen atoms in total. The van der Waals surface area contributed by atoms with Gasteiger partial charge >= 0.3 is 0 Å². The van der Waals surface area contributed by atoms with Crippen molar-refractivity contribution < 1.29 is 4.79 Å². The molecular weight excluding hydrogens is 282 g/mol. The van der Waals surface area contributed by atoms with Crippen LogP contribution in [0, 0.1) is 0 Å². The summed E-state index contributed by atoms with van der Waals surface area (Å²) in [6.07, 6.45) is 9.17. The SMILES string of the molecule is CCCCC(N)c1nc(C(=O)N2CCCCCCC2)cs1. The van der Waals surface area contributed by atoms with E-state index in [4.69, 9.17) is 5.73 Å². The third-order valence-electron chi connectivity index (χ3n) is 4.07. The number of thiazole rings is 1. The van der Waals surface area contributed by atoms with Gasteiger partial charge in [0.15, 0.2) is 0 Å². The molecular formula is C16H27N3OS. The Hall–Kier alpha value is -0.940. The lowest BCUT2D eigenvalue weighted by molar-refractivity contribution is 0.0737. The van der Waals surface area contributed by atoms with Gasteiger partial charge < -0.3 is 10.6 Å². The van der Waals surface area contributed by atoms with E-state index in [0.29, 0.717) is 5.69 Å². The van der Waals surface area contributed by atoms with Crippen LogP contribution < -0.4 is 5.73 Å². The molecule has 2 N–H and O–H groups in total. The Labute approximate surface area is 131 Å². The molecule has 2 rings (SSSR count). The van der Waals surface area contributed by atoms with Gasteiger partial charge in [-0.3, -0.25) is 4.79 Å². The Morgan fingerprint density at radius 3 is 2.67 bits per heavy atom. The van der Waals surface area contributed by atoms with Crippen LogP contribution in [0.1, 0.15) is 79.8 Å². The second-order valence-electron chi connectivity index (χ2n) is 5.88. The van der Waals surface area contributed by atoms with E-state index >= 15 is 0 Å². The number of aromatic nitrogens is 1. The second kappa shape index (κ2) is 8.49. The minimum Gasteiger partial charge on any atom is -0.337 e. The van der Waals surface area contributed by atoms with Crippen molar-refractivity contribution >= 4 is 17.2 Å². The Balaban J connectivity index is 1.97. The van der Waals surface area contributed by atoms with Crippen LogP contribution in [0.5, 0.6) is 0 Å². The molecule has 1 aliphatic rings. The van der Waals surface area contributed by atoms with Gasteiger partial charge in [-0.15, -0.1) is 11.3 Å². The van der Waals surface area contributed by atoms with Crippen molar-refractivity contribution in [1.29, 1.82) is 0 Å². The number of carbonyl (C=O) groups excluding carboxylic acids is 1. The number of hydrogen-bond acceptors (Lipinski definition) is 4. The highest BCUT2D eigenvalue weighted by molar-refractivity contribution is 7.09. The van der Waals surface area contributed by atoms with Crippen LogP contribution >= 0.6 is 11.3 Å². The molecule has 0 radical (unpaired) electrons. The summed E-state index contributed by atoms with van der Waals surface area (Å²) in [5.74, 6) is 0.0853. The maximum atomic E-state index is 12.5. The quantitative estimate of drug-likeness (QED) is 0.901. The van der Waals surface area contributed by atoms with Crippen molar-refractivity contribution in [2.45, 2.75) is 64.3 Å². The number of carbonyl (C=O) groups is 1. The van der Waals surface area contributed by atoms with Crippen LogP contribution in [0.3, 0.4) is 0 Å². The molecule has 1 aromatic heterocycles. The van der Waals surface area contributed by atoms with Gasteiger partial charge in [-0.05, 0) is 19.3 Å². The molecule has 5 heteroatoms. The minimum absolute atomic E-state index is 0.0242. The number of nitrogens with zero attached hydrogens (tertiary/aromatic N) is 2. The predicted molar refractivity (Wildman–Crippen MR) is 87.6 cm³/mol. The first-order valence-electron chi connectivity index (χ1n) is 8.22. The zero-order valence-corrected chi connectivity index (χ0v) is 13.8. The Morgan fingerprint density at radius 2 is 2.00 bits per heavy atom. The normalized spacial score (nSPS) is 18.1. The summed E-state index contributed by atoms with van der Waals surface area (Å²) in [7, 11) is 0. The smallest absolute Gasteiger partial charge is 0.273 e. The molecule has 0 saturated carbocycles. The molecule has 2 heterocycles. The molecule has 1 saturated heterocycles. The third-order valence-corrected chi connectivity index (χ3v) is 5.05. The molecule has 1 aromatic rings. The lowest BCUT2D eigenvalue weighted by Crippen LogP contribution is -2.34. The van der Waals surface area contributed by atoms with Gasteiger partial charge in [-0.2, -0.15) is 0 Å². The van der Waals surface area contributed by atoms with Gasteiger partial charge in [0.25, 0.3) is 5.91 Å². The maximum absolute atomic E-state index is 12.5. The minimum atomic E-state index is -0.0242. The zero-order valence-electron chi connectivity index (χ0n) is 13.0. The van der Waals surface area contributed by atoms with Gasteiger partial charge in [-0.25, -0.2) is 4.98 Å². The zero-order chi connectivity index (χ0) is 15.1. The van der Waals surface area contributed by atoms with Crippen molar-refractivity contribution in [2.75, 3.05) is 13.1 Å². The molecule has 21 heavy (non-hydrogen) atoms. The first-order chi connectivity index (χ1) is 10.2. The van der Waals surface area contributed by atoms with Gasteiger partial charge in [0.1, 0.15) is 10.7 Å². The summed E-state index contributed by atoms with van der Waals surface area (Å²) in [6, 6.07) is -0.0242. The molecule has 0 aromatic carbocycles. The first kappa shape index (κ1) is 16.4. The average Bonchev–Trinajstić information content (AvgIpc) is 2.93. The number of rotatable bonds is 5. The van der Waals surface area contributed by atoms with E-state index in [1.54, 1.807) is 0 Å². The van der Waals surface area contributed by atoms with E-state index in [0.717, 1.165) is 50.2 Å². The van der Waals surface area contributed by atoms with Gasteiger partial charge in [0.05, 0.1) is 6.04 Å². The highest BCUT2D eigenvalue weighted by atomic mass is 32.1. The van der Waals surface area contributed by atoms with Crippen LogP contribution in [-0.4, -0.2) is 28.9 Å². The Morgan fingerprint density at radius 1 is 1.33 bits per heavy atom. The van der Waals surface area contributed by atoms with Gasteiger partial charge in [-0.1, -0.05) is 39.0 Å². The predicted octanol–water partition coefficient (Wildman–Crippen LogP) is 3.74. The number of amides is 1. The third kappa shape index (κ3) is 4.78. The number of unbranched alkanes of at least 4 members (excludes halogenated alkanes) is 1. The maximum Gasteiger partial charge on any atom is 0.273 e. The largest absolute Gasteiger partial charge is 0.337 e. The van der Waals surface area contributed by atoms with Crippen molar-refractivity contribution in [3.63, 3.8) is 0 Å². The van der Waals surface area contributed by atoms with E-state index in [1.807, 2.05) is 10.3 Å². The van der Waals surface area contributed by atoms with Crippen molar-refractivity contribution in [3.05, 3.63) is 16.1 Å². The lowest BCUT2D eigenvalue weighted by atomic mass is 10.1. The summed E-state index contributed by atoms with van der Waals surface area (Å²) in [4.78, 5) is 19.0. The second-order valence-corrected chi connectivity index (χ2v) is 6.77. The van der Waals surface area contributed by atoms with E-state index in [9.17, 15) is 4.79 Å². The van der Waals surface area contributed by atoms with Crippen LogP contribution in [0.25, 0.3) is 0 Å². The summed E-state index contributed by atoms with van der Waals surface area (Å²) in [6.45, 7) is 3.90. The van der Waals surface area contributed by atoms with Crippen LogP contribution in [0.4, 0.5) is 0 Å². The molecule has 1 atom stereocenters. The fourth-order valence-electron chi connectivity index (χ4n) is 2.72. The van der Waals surface area contributed by atoms with Gasteiger partial charge in [0, 0.05) is 18.5 Å². The number of nitrogens with two attached hydrogens (primary N) is 1. The van der Waals surface area contributed by atoms with E-state index < -0.39 is 0 Å². The van der Waals surface area contributed by atoms with E-state index in [2.05, 4.69) is 11.9 Å². The topological polar surface area (TPSA) is 59.2 Å².